The number of hydrogen-bond acceptors (Lipinski definition) is 2. The maximum atomic E-state index is 13.3. The maximum absolute atomic E-state index is 13.3. The summed E-state index contributed by atoms with van der Waals surface area (Å²) in [6.45, 7) is 1.47. The van der Waals surface area contributed by atoms with Crippen LogP contribution in [0.1, 0.15) is 24.8 Å². The molecule has 1 aliphatic heterocycles. The molecule has 1 atom stereocenters. The number of allylic oxidation sites excluding steroid dienone is 2. The summed E-state index contributed by atoms with van der Waals surface area (Å²) in [7, 11) is 0. The van der Waals surface area contributed by atoms with Gasteiger partial charge in [0.1, 0.15) is 18.2 Å². The highest BCUT2D eigenvalue weighted by Gasteiger charge is 2.26. The Labute approximate surface area is 118 Å². The fourth-order valence-electron chi connectivity index (χ4n) is 2.83. The third-order valence-electron chi connectivity index (χ3n) is 3.93. The largest absolute Gasteiger partial charge is 0.491 e. The average molecular weight is 275 g/mol. The van der Waals surface area contributed by atoms with Crippen LogP contribution in [0, 0.1) is 11.7 Å². The van der Waals surface area contributed by atoms with Gasteiger partial charge in [0.05, 0.1) is 6.54 Å². The van der Waals surface area contributed by atoms with Gasteiger partial charge in [0.2, 0.25) is 5.91 Å². The molecule has 1 aromatic rings. The van der Waals surface area contributed by atoms with Crippen LogP contribution in [0.4, 0.5) is 4.39 Å². The molecule has 0 unspecified atom stereocenters. The van der Waals surface area contributed by atoms with Gasteiger partial charge in [0.25, 0.3) is 0 Å². The molecule has 0 aromatic heterocycles. The van der Waals surface area contributed by atoms with Crippen molar-refractivity contribution in [2.24, 2.45) is 5.92 Å². The topological polar surface area (TPSA) is 29.5 Å². The molecule has 3 rings (SSSR count). The lowest BCUT2D eigenvalue weighted by atomic mass is 9.93. The van der Waals surface area contributed by atoms with Crippen LogP contribution in [0.25, 0.3) is 0 Å². The highest BCUT2D eigenvalue weighted by molar-refractivity contribution is 5.79. The van der Waals surface area contributed by atoms with Crippen LogP contribution in [-0.4, -0.2) is 24.0 Å². The maximum Gasteiger partial charge on any atom is 0.226 e. The van der Waals surface area contributed by atoms with Crippen molar-refractivity contribution >= 4 is 5.91 Å². The van der Waals surface area contributed by atoms with Crippen molar-refractivity contribution < 1.29 is 13.9 Å². The number of benzene rings is 1. The molecule has 0 radical (unpaired) electrons. The molecule has 3 nitrogen and oxygen atoms in total. The van der Waals surface area contributed by atoms with Gasteiger partial charge in [-0.3, -0.25) is 4.79 Å². The van der Waals surface area contributed by atoms with Crippen molar-refractivity contribution in [3.8, 4) is 5.75 Å². The molecule has 106 valence electrons. The van der Waals surface area contributed by atoms with E-state index >= 15 is 0 Å². The second-order valence-corrected chi connectivity index (χ2v) is 5.34. The van der Waals surface area contributed by atoms with Gasteiger partial charge in [0, 0.05) is 18.0 Å². The van der Waals surface area contributed by atoms with Gasteiger partial charge in [-0.1, -0.05) is 12.2 Å². The molecular weight excluding hydrogens is 257 g/mol. The van der Waals surface area contributed by atoms with E-state index in [1.54, 1.807) is 11.0 Å². The van der Waals surface area contributed by atoms with E-state index in [9.17, 15) is 9.18 Å². The molecule has 1 heterocycles. The number of carbonyl (C=O) groups excluding carboxylic acids is 1. The van der Waals surface area contributed by atoms with Gasteiger partial charge in [-0.05, 0) is 37.5 Å². The van der Waals surface area contributed by atoms with Crippen LogP contribution in [-0.2, 0) is 11.3 Å². The Kier molecular flexibility index (Phi) is 3.72. The first-order valence-electron chi connectivity index (χ1n) is 7.09. The lowest BCUT2D eigenvalue weighted by Gasteiger charge is -2.26. The van der Waals surface area contributed by atoms with E-state index in [2.05, 4.69) is 12.2 Å². The molecule has 1 aromatic carbocycles. The molecule has 1 amide bonds. The predicted molar refractivity (Wildman–Crippen MR) is 73.8 cm³/mol. The Bertz CT molecular complexity index is 541. The first-order valence-corrected chi connectivity index (χ1v) is 7.09. The molecule has 0 bridgehead atoms. The Morgan fingerprint density at radius 2 is 2.25 bits per heavy atom. The Hall–Kier alpha value is -1.84. The summed E-state index contributed by atoms with van der Waals surface area (Å²) in [4.78, 5) is 14.3. The van der Waals surface area contributed by atoms with Crippen molar-refractivity contribution in [1.29, 1.82) is 0 Å². The van der Waals surface area contributed by atoms with Crippen LogP contribution >= 0.6 is 0 Å². The molecule has 0 saturated carbocycles. The van der Waals surface area contributed by atoms with Crippen LogP contribution < -0.4 is 4.74 Å². The third kappa shape index (κ3) is 2.69. The number of halogens is 1. The number of nitrogens with zero attached hydrogens (tertiary/aromatic N) is 1. The van der Waals surface area contributed by atoms with E-state index in [4.69, 9.17) is 4.74 Å². The van der Waals surface area contributed by atoms with Crippen LogP contribution in [0.5, 0.6) is 5.75 Å². The monoisotopic (exact) mass is 275 g/mol. The Morgan fingerprint density at radius 3 is 3.05 bits per heavy atom. The molecular formula is C16H18FNO2. The molecule has 20 heavy (non-hydrogen) atoms. The zero-order valence-electron chi connectivity index (χ0n) is 11.3. The second kappa shape index (κ2) is 5.65. The second-order valence-electron chi connectivity index (χ2n) is 5.34. The number of carbonyl (C=O) groups is 1. The summed E-state index contributed by atoms with van der Waals surface area (Å²) >= 11 is 0. The minimum Gasteiger partial charge on any atom is -0.491 e. The summed E-state index contributed by atoms with van der Waals surface area (Å²) < 4.78 is 18.9. The number of hydrogen-bond donors (Lipinski definition) is 0. The molecule has 0 fully saturated rings. The minimum atomic E-state index is -0.290. The van der Waals surface area contributed by atoms with Crippen LogP contribution in [0.3, 0.4) is 0 Å². The van der Waals surface area contributed by atoms with E-state index in [0.717, 1.165) is 24.8 Å². The van der Waals surface area contributed by atoms with Gasteiger partial charge in [0.15, 0.2) is 0 Å². The number of rotatable bonds is 1. The summed E-state index contributed by atoms with van der Waals surface area (Å²) in [5.74, 6) is 0.623. The van der Waals surface area contributed by atoms with Crippen LogP contribution in [0.15, 0.2) is 30.4 Å². The molecule has 4 heteroatoms. The van der Waals surface area contributed by atoms with E-state index < -0.39 is 0 Å². The lowest BCUT2D eigenvalue weighted by molar-refractivity contribution is -0.136. The first-order chi connectivity index (χ1) is 9.74. The van der Waals surface area contributed by atoms with Gasteiger partial charge in [-0.2, -0.15) is 0 Å². The van der Waals surface area contributed by atoms with E-state index in [1.807, 2.05) is 0 Å². The summed E-state index contributed by atoms with van der Waals surface area (Å²) in [6, 6.07) is 4.49. The zero-order chi connectivity index (χ0) is 13.9. The summed E-state index contributed by atoms with van der Waals surface area (Å²) in [5, 5.41) is 0. The highest BCUT2D eigenvalue weighted by atomic mass is 19.1. The number of fused-ring (bicyclic) bond motifs is 1. The number of ether oxygens (including phenoxy) is 1. The minimum absolute atomic E-state index is 0.0649. The van der Waals surface area contributed by atoms with Crippen molar-refractivity contribution in [2.75, 3.05) is 13.2 Å². The fraction of sp³-hybridized carbons (Fsp3) is 0.438. The van der Waals surface area contributed by atoms with Gasteiger partial charge in [-0.25, -0.2) is 4.39 Å². The lowest BCUT2D eigenvalue weighted by Crippen LogP contribution is -2.37. The van der Waals surface area contributed by atoms with Crippen molar-refractivity contribution in [2.45, 2.75) is 25.8 Å². The summed E-state index contributed by atoms with van der Waals surface area (Å²) in [5.41, 5.74) is 0.752. The SMILES string of the molecule is O=C([C@H]1CC=CCC1)N1CCOc2ccc(F)cc2C1. The fourth-order valence-corrected chi connectivity index (χ4v) is 2.83. The van der Waals surface area contributed by atoms with E-state index in [1.165, 1.54) is 12.1 Å². The standard InChI is InChI=1S/C16H18FNO2/c17-14-6-7-15-13(10-14)11-18(8-9-20-15)16(19)12-4-2-1-3-5-12/h1-2,6-7,10,12H,3-5,8-9,11H2/t12-/m0/s1. The molecule has 0 spiro atoms. The normalized spacial score (nSPS) is 21.9. The zero-order valence-corrected chi connectivity index (χ0v) is 11.3. The van der Waals surface area contributed by atoms with Gasteiger partial charge >= 0.3 is 0 Å². The number of amides is 1. The quantitative estimate of drug-likeness (QED) is 0.738. The smallest absolute Gasteiger partial charge is 0.226 e. The van der Waals surface area contributed by atoms with Crippen molar-refractivity contribution in [3.63, 3.8) is 0 Å². The van der Waals surface area contributed by atoms with E-state index in [-0.39, 0.29) is 17.6 Å². The highest BCUT2D eigenvalue weighted by Crippen LogP contribution is 2.27. The first kappa shape index (κ1) is 13.2. The van der Waals surface area contributed by atoms with E-state index in [0.29, 0.717) is 25.4 Å². The Balaban J connectivity index is 1.77. The van der Waals surface area contributed by atoms with Gasteiger partial charge in [-0.15, -0.1) is 0 Å². The molecule has 1 aliphatic carbocycles. The summed E-state index contributed by atoms with van der Waals surface area (Å²) in [6.07, 6.45) is 6.88. The van der Waals surface area contributed by atoms with Crippen molar-refractivity contribution in [1.82, 2.24) is 4.90 Å². The van der Waals surface area contributed by atoms with Crippen LogP contribution in [0.2, 0.25) is 0 Å². The molecule has 2 aliphatic rings. The Morgan fingerprint density at radius 1 is 1.35 bits per heavy atom. The average Bonchev–Trinajstić information content (AvgIpc) is 2.69. The molecule has 0 N–H and O–H groups in total. The van der Waals surface area contributed by atoms with Crippen molar-refractivity contribution in [3.05, 3.63) is 41.7 Å². The third-order valence-corrected chi connectivity index (χ3v) is 3.93. The van der Waals surface area contributed by atoms with Gasteiger partial charge < -0.3 is 9.64 Å². The molecule has 0 saturated heterocycles. The predicted octanol–water partition coefficient (Wildman–Crippen LogP) is 2.90.